The van der Waals surface area contributed by atoms with E-state index in [1.54, 1.807) is 4.40 Å². The third-order valence-electron chi connectivity index (χ3n) is 8.33. The van der Waals surface area contributed by atoms with Crippen LogP contribution >= 0.6 is 0 Å². The lowest BCUT2D eigenvalue weighted by Crippen LogP contribution is -2.20. The van der Waals surface area contributed by atoms with E-state index >= 15 is 0 Å². The molecule has 0 amide bonds. The van der Waals surface area contributed by atoms with Gasteiger partial charge in [0.15, 0.2) is 17.5 Å². The first kappa shape index (κ1) is 24.6. The van der Waals surface area contributed by atoms with Gasteiger partial charge in [-0.25, -0.2) is 19.9 Å². The highest BCUT2D eigenvalue weighted by Gasteiger charge is 2.20. The molecule has 7 heteroatoms. The van der Waals surface area contributed by atoms with E-state index in [-0.39, 0.29) is 5.56 Å². The quantitative estimate of drug-likeness (QED) is 0.201. The number of nitrogens with zero attached hydrogens (tertiary/aromatic N) is 5. The summed E-state index contributed by atoms with van der Waals surface area (Å²) in [6, 6.07) is 33.4. The third kappa shape index (κ3) is 3.79. The van der Waals surface area contributed by atoms with Gasteiger partial charge < -0.3 is 4.42 Å². The first-order valence-electron chi connectivity index (χ1n) is 14.6. The average Bonchev–Trinajstić information content (AvgIpc) is 3.46. The van der Waals surface area contributed by atoms with Crippen LogP contribution in [0.15, 0.2) is 118 Å². The van der Waals surface area contributed by atoms with Gasteiger partial charge in [0, 0.05) is 27.5 Å². The molecule has 0 bridgehead atoms. The lowest BCUT2D eigenvalue weighted by atomic mass is 10.0. The molecule has 208 valence electrons. The zero-order valence-electron chi connectivity index (χ0n) is 23.4. The van der Waals surface area contributed by atoms with E-state index in [1.807, 2.05) is 97.1 Å². The van der Waals surface area contributed by atoms with Gasteiger partial charge in [-0.2, -0.15) is 0 Å². The summed E-state index contributed by atoms with van der Waals surface area (Å²) >= 11 is 0. The highest BCUT2D eigenvalue weighted by molar-refractivity contribution is 6.06. The minimum Gasteiger partial charge on any atom is -0.456 e. The maximum atomic E-state index is 14.3. The summed E-state index contributed by atoms with van der Waals surface area (Å²) < 4.78 is 7.78. The number of rotatable bonds is 3. The summed E-state index contributed by atoms with van der Waals surface area (Å²) in [6.07, 6.45) is 5.97. The van der Waals surface area contributed by atoms with Crippen LogP contribution < -0.4 is 5.56 Å². The molecule has 0 saturated carbocycles. The fraction of sp³-hybridized carbons (Fsp3) is 0.0541. The highest BCUT2D eigenvalue weighted by atomic mass is 16.3. The number of para-hydroxylation sites is 1. The molecule has 4 aromatic heterocycles. The molecule has 4 aromatic carbocycles. The lowest BCUT2D eigenvalue weighted by molar-refractivity contribution is 0.669. The van der Waals surface area contributed by atoms with E-state index in [2.05, 4.69) is 18.2 Å². The standard InChI is InChI=1S/C37H23N5O2/c43-37-33-26(13-8-14-28(33)38-32-20-18-22-9-4-6-15-29(22)42(32)37)36-40-34(23-10-2-1-3-11-23)39-35(41-36)24-17-19-31-27(21-24)25-12-5-7-16-30(25)44-31/h1-3,5-8,10-21H,4,9H2. The van der Waals surface area contributed by atoms with Gasteiger partial charge in [0.1, 0.15) is 16.8 Å². The molecule has 1 aliphatic rings. The Morgan fingerprint density at radius 1 is 0.659 bits per heavy atom. The minimum absolute atomic E-state index is 0.140. The van der Waals surface area contributed by atoms with Crippen molar-refractivity contribution in [2.24, 2.45) is 0 Å². The van der Waals surface area contributed by atoms with Gasteiger partial charge >= 0.3 is 0 Å². The van der Waals surface area contributed by atoms with Crippen molar-refractivity contribution >= 4 is 44.6 Å². The largest absolute Gasteiger partial charge is 0.456 e. The van der Waals surface area contributed by atoms with Crippen LogP contribution in [0.3, 0.4) is 0 Å². The van der Waals surface area contributed by atoms with Crippen LogP contribution in [0.2, 0.25) is 0 Å². The van der Waals surface area contributed by atoms with E-state index in [9.17, 15) is 4.79 Å². The molecule has 0 atom stereocenters. The van der Waals surface area contributed by atoms with Crippen LogP contribution in [-0.4, -0.2) is 24.3 Å². The number of aromatic nitrogens is 5. The first-order chi connectivity index (χ1) is 21.7. The number of fused-ring (bicyclic) bond motifs is 7. The molecular formula is C37H23N5O2. The molecule has 8 aromatic rings. The average molecular weight is 570 g/mol. The number of aryl methyl sites for hydroxylation is 1. The Labute approximate surface area is 250 Å². The Hall–Kier alpha value is -5.95. The summed E-state index contributed by atoms with van der Waals surface area (Å²) in [4.78, 5) is 34.0. The van der Waals surface area contributed by atoms with Crippen LogP contribution in [0.4, 0.5) is 0 Å². The Morgan fingerprint density at radius 3 is 2.36 bits per heavy atom. The monoisotopic (exact) mass is 569 g/mol. The molecular weight excluding hydrogens is 546 g/mol. The van der Waals surface area contributed by atoms with Gasteiger partial charge in [0.2, 0.25) is 0 Å². The van der Waals surface area contributed by atoms with Gasteiger partial charge in [-0.3, -0.25) is 9.20 Å². The van der Waals surface area contributed by atoms with Crippen molar-refractivity contribution in [2.75, 3.05) is 0 Å². The predicted octanol–water partition coefficient (Wildman–Crippen LogP) is 7.89. The smallest absolute Gasteiger partial charge is 0.266 e. The van der Waals surface area contributed by atoms with Crippen molar-refractivity contribution < 1.29 is 4.42 Å². The Balaban J connectivity index is 1.32. The topological polar surface area (TPSA) is 86.2 Å². The van der Waals surface area contributed by atoms with E-state index in [0.717, 1.165) is 57.2 Å². The maximum Gasteiger partial charge on any atom is 0.266 e. The molecule has 0 spiro atoms. The van der Waals surface area contributed by atoms with E-state index in [4.69, 9.17) is 24.4 Å². The molecule has 4 heterocycles. The number of pyridine rings is 1. The first-order valence-corrected chi connectivity index (χ1v) is 14.6. The molecule has 0 unspecified atom stereocenters. The van der Waals surface area contributed by atoms with Crippen molar-refractivity contribution in [1.29, 1.82) is 0 Å². The van der Waals surface area contributed by atoms with E-state index in [0.29, 0.717) is 39.6 Å². The lowest BCUT2D eigenvalue weighted by Gasteiger charge is -2.15. The maximum absolute atomic E-state index is 14.3. The van der Waals surface area contributed by atoms with Crippen molar-refractivity contribution in [3.63, 3.8) is 0 Å². The predicted molar refractivity (Wildman–Crippen MR) is 173 cm³/mol. The Morgan fingerprint density at radius 2 is 1.45 bits per heavy atom. The van der Waals surface area contributed by atoms with Gasteiger partial charge in [-0.1, -0.05) is 72.8 Å². The number of benzene rings is 4. The zero-order chi connectivity index (χ0) is 29.2. The van der Waals surface area contributed by atoms with E-state index in [1.165, 1.54) is 0 Å². The van der Waals surface area contributed by atoms with Crippen LogP contribution in [0.25, 0.3) is 78.7 Å². The molecule has 0 saturated heterocycles. The fourth-order valence-corrected chi connectivity index (χ4v) is 6.22. The summed E-state index contributed by atoms with van der Waals surface area (Å²) in [7, 11) is 0. The third-order valence-corrected chi connectivity index (χ3v) is 8.33. The van der Waals surface area contributed by atoms with Crippen LogP contribution in [0.5, 0.6) is 0 Å². The van der Waals surface area contributed by atoms with E-state index < -0.39 is 0 Å². The molecule has 9 rings (SSSR count). The Kier molecular flexibility index (Phi) is 5.34. The number of hydrogen-bond acceptors (Lipinski definition) is 6. The number of furan rings is 1. The fourth-order valence-electron chi connectivity index (χ4n) is 6.22. The second kappa shape index (κ2) is 9.54. The minimum atomic E-state index is -0.140. The SMILES string of the molecule is O=c1c2c(-c3nc(-c4ccccc4)nc(-c4ccc5oc6ccccc6c5c4)n3)cccc2nc2ccc3c(n12)C=CCC3. The van der Waals surface area contributed by atoms with Crippen molar-refractivity contribution in [3.8, 4) is 34.2 Å². The van der Waals surface area contributed by atoms with Crippen molar-refractivity contribution in [1.82, 2.24) is 24.3 Å². The second-order valence-electron chi connectivity index (χ2n) is 11.0. The molecule has 1 aliphatic carbocycles. The van der Waals surface area contributed by atoms with Crippen LogP contribution in [0, 0.1) is 0 Å². The van der Waals surface area contributed by atoms with Crippen LogP contribution in [-0.2, 0) is 6.42 Å². The zero-order valence-corrected chi connectivity index (χ0v) is 23.4. The number of hydrogen-bond donors (Lipinski definition) is 0. The number of allylic oxidation sites excluding steroid dienone is 1. The highest BCUT2D eigenvalue weighted by Crippen LogP contribution is 2.33. The molecule has 0 aliphatic heterocycles. The van der Waals surface area contributed by atoms with Gasteiger partial charge in [0.25, 0.3) is 5.56 Å². The summed E-state index contributed by atoms with van der Waals surface area (Å²) in [6.45, 7) is 0. The summed E-state index contributed by atoms with van der Waals surface area (Å²) in [5.74, 6) is 1.44. The van der Waals surface area contributed by atoms with Crippen LogP contribution in [0.1, 0.15) is 17.7 Å². The van der Waals surface area contributed by atoms with Gasteiger partial charge in [0.05, 0.1) is 16.6 Å². The van der Waals surface area contributed by atoms with Gasteiger partial charge in [-0.05, 0) is 60.9 Å². The normalized spacial score (nSPS) is 12.8. The molecule has 44 heavy (non-hydrogen) atoms. The molecule has 0 radical (unpaired) electrons. The molecule has 0 fully saturated rings. The van der Waals surface area contributed by atoms with Crippen molar-refractivity contribution in [3.05, 3.63) is 131 Å². The summed E-state index contributed by atoms with van der Waals surface area (Å²) in [5.41, 5.74) is 7.01. The Bertz CT molecular complexity index is 2530. The second-order valence-corrected chi connectivity index (χ2v) is 11.0. The van der Waals surface area contributed by atoms with Crippen molar-refractivity contribution in [2.45, 2.75) is 12.8 Å². The molecule has 0 N–H and O–H groups in total. The summed E-state index contributed by atoms with van der Waals surface area (Å²) in [5, 5.41) is 2.49. The van der Waals surface area contributed by atoms with Gasteiger partial charge in [-0.15, -0.1) is 0 Å². The molecule has 7 nitrogen and oxygen atoms in total.